The third-order valence-corrected chi connectivity index (χ3v) is 4.92. The Morgan fingerprint density at radius 3 is 1.78 bits per heavy atom. The van der Waals surface area contributed by atoms with Gasteiger partial charge in [0.2, 0.25) is 0 Å². The molecule has 1 aliphatic rings. The van der Waals surface area contributed by atoms with E-state index in [1.807, 2.05) is 12.1 Å². The fraction of sp³-hybridized carbons (Fsp3) is 0.368. The number of rotatable bonds is 5. The third kappa shape index (κ3) is 8.16. The van der Waals surface area contributed by atoms with Crippen LogP contribution in [0.15, 0.2) is 60.7 Å². The number of benzene rings is 2. The summed E-state index contributed by atoms with van der Waals surface area (Å²) in [4.78, 5) is 0. The molecule has 0 spiro atoms. The molecular formula is C19H23ClO6S. The van der Waals surface area contributed by atoms with E-state index in [0.29, 0.717) is 17.5 Å². The molecule has 0 N–H and O–H groups in total. The summed E-state index contributed by atoms with van der Waals surface area (Å²) in [6, 6.07) is 21.0. The molecule has 27 heavy (non-hydrogen) atoms. The van der Waals surface area contributed by atoms with Crippen LogP contribution in [0, 0.1) is 10.2 Å². The van der Waals surface area contributed by atoms with E-state index in [9.17, 15) is 0 Å². The highest BCUT2D eigenvalue weighted by Gasteiger charge is 2.36. The van der Waals surface area contributed by atoms with Crippen LogP contribution >= 0.6 is 0 Å². The van der Waals surface area contributed by atoms with Gasteiger partial charge in [0.05, 0.1) is 25.0 Å². The molecule has 3 rings (SSSR count). The van der Waals surface area contributed by atoms with Crippen molar-refractivity contribution in [2.75, 3.05) is 24.9 Å². The number of hydrogen-bond acceptors (Lipinski definition) is 6. The number of hydrogen-bond donors (Lipinski definition) is 0. The van der Waals surface area contributed by atoms with E-state index in [0.717, 1.165) is 5.75 Å². The van der Waals surface area contributed by atoms with Gasteiger partial charge in [0.15, 0.2) is 6.29 Å². The minimum Gasteiger partial charge on any atom is -0.349 e. The topological polar surface area (TPSA) is 111 Å². The fourth-order valence-corrected chi connectivity index (χ4v) is 3.85. The molecule has 2 aromatic carbocycles. The third-order valence-electron chi connectivity index (χ3n) is 3.88. The normalized spacial score (nSPS) is 19.9. The molecule has 8 heteroatoms. The van der Waals surface area contributed by atoms with Crippen molar-refractivity contribution in [1.29, 1.82) is 0 Å². The Bertz CT molecular complexity index is 619. The lowest BCUT2D eigenvalue weighted by Crippen LogP contribution is -2.68. The van der Waals surface area contributed by atoms with Crippen LogP contribution in [0.4, 0.5) is 0 Å². The molecule has 2 atom stereocenters. The van der Waals surface area contributed by atoms with Gasteiger partial charge in [-0.15, -0.1) is 10.2 Å². The highest BCUT2D eigenvalue weighted by Crippen LogP contribution is 2.33. The van der Waals surface area contributed by atoms with Crippen molar-refractivity contribution in [1.82, 2.24) is 0 Å². The summed E-state index contributed by atoms with van der Waals surface area (Å²) in [6.45, 7) is 0.700. The molecule has 1 aliphatic heterocycles. The maximum absolute atomic E-state index is 8.49. The quantitative estimate of drug-likeness (QED) is 0.561. The van der Waals surface area contributed by atoms with Crippen LogP contribution < -0.4 is 18.6 Å². The molecular weight excluding hydrogens is 392 g/mol. The largest absolute Gasteiger partial charge is 0.349 e. The predicted octanol–water partition coefficient (Wildman–Crippen LogP) is -1.32. The van der Waals surface area contributed by atoms with Crippen molar-refractivity contribution in [2.45, 2.75) is 18.3 Å². The Hall–Kier alpha value is -1.16. The standard InChI is InChI=1S/C19H23O2S.ClHO4/c1-22(2)14-17-13-20-19(21-17)18(15-9-5-3-6-10-15)16-11-7-4-8-12-16;2-1(3,4)5/h3-12,17-19H,13-14H2,1-2H3;(H,2,3,4,5)/q+1;/p-1/t17-,19-;/m1./s1. The maximum Gasteiger partial charge on any atom is 0.169 e. The van der Waals surface area contributed by atoms with Gasteiger partial charge in [-0.1, -0.05) is 60.7 Å². The van der Waals surface area contributed by atoms with Crippen molar-refractivity contribution in [3.8, 4) is 0 Å². The molecule has 0 bridgehead atoms. The molecule has 0 aliphatic carbocycles. The van der Waals surface area contributed by atoms with Crippen LogP contribution in [0.5, 0.6) is 0 Å². The second-order valence-electron chi connectivity index (χ2n) is 6.29. The van der Waals surface area contributed by atoms with E-state index in [2.05, 4.69) is 61.0 Å². The molecule has 1 saturated heterocycles. The zero-order chi connectivity index (χ0) is 19.9. The minimum atomic E-state index is -4.94. The summed E-state index contributed by atoms with van der Waals surface area (Å²) < 4.78 is 46.2. The van der Waals surface area contributed by atoms with Crippen LogP contribution in [0.25, 0.3) is 0 Å². The van der Waals surface area contributed by atoms with E-state index >= 15 is 0 Å². The molecule has 2 aromatic rings. The first-order valence-corrected chi connectivity index (χ1v) is 11.7. The molecule has 0 radical (unpaired) electrons. The summed E-state index contributed by atoms with van der Waals surface area (Å²) in [5.41, 5.74) is 2.48. The van der Waals surface area contributed by atoms with Crippen LogP contribution in [-0.2, 0) is 20.4 Å². The fourth-order valence-electron chi connectivity index (χ4n) is 2.93. The lowest BCUT2D eigenvalue weighted by molar-refractivity contribution is -2.00. The van der Waals surface area contributed by atoms with Crippen LogP contribution in [0.2, 0.25) is 0 Å². The highest BCUT2D eigenvalue weighted by atomic mass is 35.7. The van der Waals surface area contributed by atoms with Gasteiger partial charge in [-0.25, -0.2) is 18.6 Å². The van der Waals surface area contributed by atoms with Gasteiger partial charge in [0.1, 0.15) is 11.9 Å². The zero-order valence-electron chi connectivity index (χ0n) is 15.2. The SMILES string of the molecule is C[S+](C)C[C@H]1CO[C@@H](C(c2ccccc2)c2ccccc2)O1.[O-][Cl+3]([O-])([O-])[O-]. The van der Waals surface area contributed by atoms with Crippen molar-refractivity contribution in [3.05, 3.63) is 71.8 Å². The average Bonchev–Trinajstić information content (AvgIpc) is 3.03. The van der Waals surface area contributed by atoms with Gasteiger partial charge >= 0.3 is 0 Å². The van der Waals surface area contributed by atoms with E-state index < -0.39 is 10.2 Å². The van der Waals surface area contributed by atoms with Crippen molar-refractivity contribution < 1.29 is 38.4 Å². The lowest BCUT2D eigenvalue weighted by Gasteiger charge is -2.23. The van der Waals surface area contributed by atoms with E-state index in [1.165, 1.54) is 11.1 Å². The number of ether oxygens (including phenoxy) is 2. The van der Waals surface area contributed by atoms with E-state index in [-0.39, 0.29) is 18.3 Å². The molecule has 0 amide bonds. The van der Waals surface area contributed by atoms with Gasteiger partial charge in [-0.2, -0.15) is 0 Å². The molecule has 0 aromatic heterocycles. The lowest BCUT2D eigenvalue weighted by atomic mass is 9.91. The Morgan fingerprint density at radius 2 is 1.37 bits per heavy atom. The van der Waals surface area contributed by atoms with Crippen LogP contribution in [-0.4, -0.2) is 37.3 Å². The minimum absolute atomic E-state index is 0.128. The van der Waals surface area contributed by atoms with Crippen LogP contribution in [0.1, 0.15) is 17.0 Å². The average molecular weight is 415 g/mol. The molecule has 0 unspecified atom stereocenters. The first kappa shape index (κ1) is 22.1. The van der Waals surface area contributed by atoms with Crippen molar-refractivity contribution in [2.24, 2.45) is 0 Å². The highest BCUT2D eigenvalue weighted by molar-refractivity contribution is 7.95. The first-order valence-electron chi connectivity index (χ1n) is 8.27. The van der Waals surface area contributed by atoms with Gasteiger partial charge < -0.3 is 9.47 Å². The molecule has 0 saturated carbocycles. The molecule has 6 nitrogen and oxygen atoms in total. The summed E-state index contributed by atoms with van der Waals surface area (Å²) in [6.07, 6.45) is 4.53. The molecule has 1 heterocycles. The second-order valence-corrected chi connectivity index (χ2v) is 9.35. The van der Waals surface area contributed by atoms with Gasteiger partial charge in [0.25, 0.3) is 0 Å². The van der Waals surface area contributed by atoms with E-state index in [4.69, 9.17) is 28.1 Å². The maximum atomic E-state index is 8.49. The monoisotopic (exact) mass is 414 g/mol. The van der Waals surface area contributed by atoms with Gasteiger partial charge in [0, 0.05) is 0 Å². The Kier molecular flexibility index (Phi) is 8.53. The molecule has 1 fully saturated rings. The summed E-state index contributed by atoms with van der Waals surface area (Å²) in [7, 11) is -4.57. The Morgan fingerprint density at radius 1 is 0.926 bits per heavy atom. The summed E-state index contributed by atoms with van der Waals surface area (Å²) >= 11 is 0. The number of halogens is 1. The second kappa shape index (κ2) is 10.4. The van der Waals surface area contributed by atoms with Crippen molar-refractivity contribution >= 4 is 10.9 Å². The predicted molar refractivity (Wildman–Crippen MR) is 93.4 cm³/mol. The zero-order valence-corrected chi connectivity index (χ0v) is 16.7. The summed E-state index contributed by atoms with van der Waals surface area (Å²) in [5, 5.41) is 0. The van der Waals surface area contributed by atoms with Gasteiger partial charge in [-0.05, 0) is 22.0 Å². The van der Waals surface area contributed by atoms with E-state index in [1.54, 1.807) is 0 Å². The van der Waals surface area contributed by atoms with Gasteiger partial charge in [-0.3, -0.25) is 0 Å². The Labute approximate surface area is 164 Å². The first-order chi connectivity index (χ1) is 12.7. The Balaban J connectivity index is 0.000000465. The van der Waals surface area contributed by atoms with Crippen molar-refractivity contribution in [3.63, 3.8) is 0 Å². The molecule has 148 valence electrons. The smallest absolute Gasteiger partial charge is 0.169 e. The summed E-state index contributed by atoms with van der Waals surface area (Å²) in [5.74, 6) is 1.20. The van der Waals surface area contributed by atoms with Crippen LogP contribution in [0.3, 0.4) is 0 Å².